The van der Waals surface area contributed by atoms with Crippen molar-refractivity contribution < 1.29 is 9.84 Å². The van der Waals surface area contributed by atoms with Crippen LogP contribution in [-0.4, -0.2) is 37.5 Å². The second-order valence-corrected chi connectivity index (χ2v) is 2.23. The molecule has 0 rings (SSSR count). The van der Waals surface area contributed by atoms with Crippen molar-refractivity contribution in [2.24, 2.45) is 0 Å². The van der Waals surface area contributed by atoms with E-state index in [0.717, 1.165) is 19.8 Å². The Labute approximate surface area is 62.4 Å². The van der Waals surface area contributed by atoms with Crippen LogP contribution in [0.1, 0.15) is 13.8 Å². The van der Waals surface area contributed by atoms with Gasteiger partial charge in [-0.2, -0.15) is 0 Å². The topological polar surface area (TPSA) is 41.5 Å². The molecule has 3 nitrogen and oxygen atoms in total. The molecule has 0 radical (unpaired) electrons. The van der Waals surface area contributed by atoms with Gasteiger partial charge in [0.25, 0.3) is 0 Å². The van der Waals surface area contributed by atoms with E-state index in [-0.39, 0.29) is 12.6 Å². The number of hydrogen-bond donors (Lipinski definition) is 2. The standard InChI is InChI=1S/C7H17NO2/c1-3-10-5-4-8-7(2)6-9/h7-9H,3-6H2,1-2H3. The first-order valence-corrected chi connectivity index (χ1v) is 3.73. The van der Waals surface area contributed by atoms with Crippen molar-refractivity contribution in [1.82, 2.24) is 5.32 Å². The Morgan fingerprint density at radius 1 is 1.60 bits per heavy atom. The van der Waals surface area contributed by atoms with E-state index < -0.39 is 0 Å². The number of nitrogens with one attached hydrogen (secondary N) is 1. The Morgan fingerprint density at radius 2 is 2.30 bits per heavy atom. The van der Waals surface area contributed by atoms with Gasteiger partial charge >= 0.3 is 0 Å². The largest absolute Gasteiger partial charge is 0.395 e. The third-order valence-corrected chi connectivity index (χ3v) is 1.22. The zero-order valence-corrected chi connectivity index (χ0v) is 6.76. The predicted octanol–water partition coefficient (Wildman–Crippen LogP) is -0.00670. The summed E-state index contributed by atoms with van der Waals surface area (Å²) in [5, 5.41) is 11.7. The Morgan fingerprint density at radius 3 is 2.80 bits per heavy atom. The fraction of sp³-hybridized carbons (Fsp3) is 1.00. The third-order valence-electron chi connectivity index (χ3n) is 1.22. The number of hydrogen-bond acceptors (Lipinski definition) is 3. The highest BCUT2D eigenvalue weighted by Crippen LogP contribution is 1.77. The Kier molecular flexibility index (Phi) is 6.91. The van der Waals surface area contributed by atoms with E-state index in [0.29, 0.717) is 0 Å². The van der Waals surface area contributed by atoms with Gasteiger partial charge < -0.3 is 15.2 Å². The summed E-state index contributed by atoms with van der Waals surface area (Å²) in [6.45, 7) is 6.39. The van der Waals surface area contributed by atoms with Gasteiger partial charge in [-0.3, -0.25) is 0 Å². The molecule has 62 valence electrons. The van der Waals surface area contributed by atoms with E-state index in [4.69, 9.17) is 9.84 Å². The van der Waals surface area contributed by atoms with Crippen molar-refractivity contribution in [1.29, 1.82) is 0 Å². The molecule has 10 heavy (non-hydrogen) atoms. The van der Waals surface area contributed by atoms with E-state index in [1.54, 1.807) is 0 Å². The molecule has 1 atom stereocenters. The lowest BCUT2D eigenvalue weighted by Crippen LogP contribution is -2.32. The predicted molar refractivity (Wildman–Crippen MR) is 41.0 cm³/mol. The summed E-state index contributed by atoms with van der Waals surface area (Å²) in [4.78, 5) is 0. The van der Waals surface area contributed by atoms with Crippen LogP contribution in [-0.2, 0) is 4.74 Å². The molecule has 1 unspecified atom stereocenters. The average molecular weight is 147 g/mol. The Hall–Kier alpha value is -0.120. The fourth-order valence-electron chi connectivity index (χ4n) is 0.586. The molecule has 0 saturated heterocycles. The van der Waals surface area contributed by atoms with Gasteiger partial charge in [0.05, 0.1) is 13.2 Å². The highest BCUT2D eigenvalue weighted by Gasteiger charge is 1.95. The zero-order chi connectivity index (χ0) is 7.82. The van der Waals surface area contributed by atoms with Crippen molar-refractivity contribution >= 4 is 0 Å². The van der Waals surface area contributed by atoms with E-state index in [2.05, 4.69) is 5.32 Å². The highest BCUT2D eigenvalue weighted by atomic mass is 16.5. The molecule has 0 aromatic rings. The van der Waals surface area contributed by atoms with Gasteiger partial charge in [-0.05, 0) is 13.8 Å². The van der Waals surface area contributed by atoms with E-state index in [1.807, 2.05) is 13.8 Å². The SMILES string of the molecule is CCOCCNC(C)CO. The van der Waals surface area contributed by atoms with Crippen molar-refractivity contribution in [3.8, 4) is 0 Å². The first-order chi connectivity index (χ1) is 4.81. The van der Waals surface area contributed by atoms with Crippen LogP contribution >= 0.6 is 0 Å². The van der Waals surface area contributed by atoms with Gasteiger partial charge in [0, 0.05) is 19.2 Å². The molecule has 0 amide bonds. The quantitative estimate of drug-likeness (QED) is 0.519. The minimum absolute atomic E-state index is 0.181. The number of aliphatic hydroxyl groups excluding tert-OH is 1. The van der Waals surface area contributed by atoms with Crippen LogP contribution < -0.4 is 5.32 Å². The molecule has 0 aromatic carbocycles. The molecule has 3 heteroatoms. The summed E-state index contributed by atoms with van der Waals surface area (Å²) in [6, 6.07) is 0.181. The Bertz CT molecular complexity index is 68.6. The molecule has 0 saturated carbocycles. The normalized spacial score (nSPS) is 13.5. The van der Waals surface area contributed by atoms with Crippen LogP contribution in [0.4, 0.5) is 0 Å². The molecule has 0 aliphatic rings. The Balaban J connectivity index is 2.89. The summed E-state index contributed by atoms with van der Waals surface area (Å²) in [5.41, 5.74) is 0. The van der Waals surface area contributed by atoms with Gasteiger partial charge in [-0.25, -0.2) is 0 Å². The van der Waals surface area contributed by atoms with Crippen molar-refractivity contribution in [3.05, 3.63) is 0 Å². The number of aliphatic hydroxyl groups is 1. The summed E-state index contributed by atoms with van der Waals surface area (Å²) in [6.07, 6.45) is 0. The van der Waals surface area contributed by atoms with Crippen molar-refractivity contribution in [3.63, 3.8) is 0 Å². The summed E-state index contributed by atoms with van der Waals surface area (Å²) in [5.74, 6) is 0. The van der Waals surface area contributed by atoms with E-state index in [9.17, 15) is 0 Å². The maximum Gasteiger partial charge on any atom is 0.0590 e. The molecule has 0 aliphatic carbocycles. The van der Waals surface area contributed by atoms with E-state index in [1.165, 1.54) is 0 Å². The molecule has 0 aliphatic heterocycles. The van der Waals surface area contributed by atoms with Crippen LogP contribution in [0, 0.1) is 0 Å². The maximum absolute atomic E-state index is 8.59. The number of rotatable bonds is 6. The first kappa shape index (κ1) is 9.88. The second-order valence-electron chi connectivity index (χ2n) is 2.23. The molecular formula is C7H17NO2. The average Bonchev–Trinajstić information content (AvgIpc) is 1.98. The lowest BCUT2D eigenvalue weighted by molar-refractivity contribution is 0.143. The smallest absolute Gasteiger partial charge is 0.0590 e. The van der Waals surface area contributed by atoms with Gasteiger partial charge in [-0.1, -0.05) is 0 Å². The highest BCUT2D eigenvalue weighted by molar-refractivity contribution is 4.56. The molecule has 0 fully saturated rings. The summed E-state index contributed by atoms with van der Waals surface area (Å²) in [7, 11) is 0. The van der Waals surface area contributed by atoms with Gasteiger partial charge in [0.15, 0.2) is 0 Å². The molecule has 0 bridgehead atoms. The minimum Gasteiger partial charge on any atom is -0.395 e. The van der Waals surface area contributed by atoms with Gasteiger partial charge in [0.2, 0.25) is 0 Å². The summed E-state index contributed by atoms with van der Waals surface area (Å²) >= 11 is 0. The lowest BCUT2D eigenvalue weighted by Gasteiger charge is -2.09. The van der Waals surface area contributed by atoms with Crippen LogP contribution in [0.25, 0.3) is 0 Å². The van der Waals surface area contributed by atoms with Gasteiger partial charge in [-0.15, -0.1) is 0 Å². The molecule has 0 aromatic heterocycles. The zero-order valence-electron chi connectivity index (χ0n) is 6.76. The van der Waals surface area contributed by atoms with E-state index >= 15 is 0 Å². The molecule has 0 spiro atoms. The molecule has 0 heterocycles. The maximum atomic E-state index is 8.59. The minimum atomic E-state index is 0.181. The first-order valence-electron chi connectivity index (χ1n) is 3.73. The van der Waals surface area contributed by atoms with Crippen molar-refractivity contribution in [2.75, 3.05) is 26.4 Å². The summed E-state index contributed by atoms with van der Waals surface area (Å²) < 4.78 is 5.08. The second kappa shape index (κ2) is 6.99. The van der Waals surface area contributed by atoms with Crippen molar-refractivity contribution in [2.45, 2.75) is 19.9 Å². The van der Waals surface area contributed by atoms with Crippen LogP contribution in [0.2, 0.25) is 0 Å². The van der Waals surface area contributed by atoms with Crippen LogP contribution in [0.15, 0.2) is 0 Å². The fourth-order valence-corrected chi connectivity index (χ4v) is 0.586. The lowest BCUT2D eigenvalue weighted by atomic mass is 10.4. The number of ether oxygens (including phenoxy) is 1. The monoisotopic (exact) mass is 147 g/mol. The van der Waals surface area contributed by atoms with Crippen LogP contribution in [0.5, 0.6) is 0 Å². The third kappa shape index (κ3) is 6.01. The molecule has 2 N–H and O–H groups in total. The van der Waals surface area contributed by atoms with Crippen LogP contribution in [0.3, 0.4) is 0 Å². The molecular weight excluding hydrogens is 130 g/mol. The van der Waals surface area contributed by atoms with Gasteiger partial charge in [0.1, 0.15) is 0 Å².